The molecule has 2 aromatic carbocycles. The molecule has 2 aromatic rings. The highest BCUT2D eigenvalue weighted by Gasteiger charge is 2.27. The van der Waals surface area contributed by atoms with Gasteiger partial charge >= 0.3 is 0 Å². The summed E-state index contributed by atoms with van der Waals surface area (Å²) in [5.74, 6) is -0.371. The van der Waals surface area contributed by atoms with E-state index in [1.807, 2.05) is 6.07 Å². The summed E-state index contributed by atoms with van der Waals surface area (Å²) in [6.45, 7) is 2.82. The molecule has 2 aliphatic rings. The minimum absolute atomic E-state index is 0.0124. The number of fused-ring (bicyclic) bond motifs is 1. The van der Waals surface area contributed by atoms with Crippen LogP contribution in [0.25, 0.3) is 0 Å². The number of nitrogens with zero attached hydrogens (tertiary/aromatic N) is 1. The summed E-state index contributed by atoms with van der Waals surface area (Å²) < 4.78 is 27.5. The van der Waals surface area contributed by atoms with Gasteiger partial charge in [0, 0.05) is 36.4 Å². The molecule has 1 fully saturated rings. The van der Waals surface area contributed by atoms with Crippen LogP contribution in [0.1, 0.15) is 47.2 Å². The van der Waals surface area contributed by atoms with Crippen LogP contribution in [0.3, 0.4) is 0 Å². The zero-order valence-electron chi connectivity index (χ0n) is 16.9. The standard InChI is InChI=1S/C22H25N3O4S/c1-15-5-8-18(30(28,29)25-11-3-2-4-12-25)14-19(15)22(27)23-17-7-9-20-16(13-17)6-10-21(26)24-20/h5,7-9,13-14H,2-4,6,10-12H2,1H3,(H,23,27)(H,24,26). The normalized spacial score (nSPS) is 17.2. The van der Waals surface area contributed by atoms with Gasteiger partial charge in [0.25, 0.3) is 5.91 Å². The van der Waals surface area contributed by atoms with E-state index in [9.17, 15) is 18.0 Å². The number of sulfonamides is 1. The number of aryl methyl sites for hydroxylation is 2. The predicted molar refractivity (Wildman–Crippen MR) is 115 cm³/mol. The summed E-state index contributed by atoms with van der Waals surface area (Å²) in [5.41, 5.74) is 3.37. The summed E-state index contributed by atoms with van der Waals surface area (Å²) in [7, 11) is -3.61. The molecule has 4 rings (SSSR count). The number of amides is 2. The Morgan fingerprint density at radius 1 is 1.03 bits per heavy atom. The van der Waals surface area contributed by atoms with Gasteiger partial charge in [0.05, 0.1) is 4.90 Å². The maximum atomic E-state index is 13.0. The molecule has 0 atom stereocenters. The van der Waals surface area contributed by atoms with Crippen LogP contribution in [0, 0.1) is 6.92 Å². The molecule has 0 bridgehead atoms. The molecule has 8 heteroatoms. The molecular formula is C22H25N3O4S. The van der Waals surface area contributed by atoms with E-state index in [0.717, 1.165) is 30.5 Å². The zero-order chi connectivity index (χ0) is 21.3. The van der Waals surface area contributed by atoms with Crippen molar-refractivity contribution in [2.75, 3.05) is 23.7 Å². The molecule has 2 aliphatic heterocycles. The minimum Gasteiger partial charge on any atom is -0.326 e. The number of hydrogen-bond acceptors (Lipinski definition) is 4. The molecule has 0 aromatic heterocycles. The number of carbonyl (C=O) groups is 2. The molecule has 2 heterocycles. The molecule has 2 N–H and O–H groups in total. The Kier molecular flexibility index (Phi) is 5.62. The summed E-state index contributed by atoms with van der Waals surface area (Å²) in [4.78, 5) is 24.6. The third kappa shape index (κ3) is 4.11. The van der Waals surface area contributed by atoms with Crippen molar-refractivity contribution >= 4 is 33.2 Å². The smallest absolute Gasteiger partial charge is 0.255 e. The fraction of sp³-hybridized carbons (Fsp3) is 0.364. The van der Waals surface area contributed by atoms with Crippen LogP contribution in [-0.4, -0.2) is 37.6 Å². The monoisotopic (exact) mass is 427 g/mol. The second kappa shape index (κ2) is 8.20. The second-order valence-electron chi connectivity index (χ2n) is 7.82. The van der Waals surface area contributed by atoms with E-state index >= 15 is 0 Å². The first-order valence-electron chi connectivity index (χ1n) is 10.2. The van der Waals surface area contributed by atoms with Crippen LogP contribution < -0.4 is 10.6 Å². The van der Waals surface area contributed by atoms with E-state index in [2.05, 4.69) is 10.6 Å². The lowest BCUT2D eigenvalue weighted by Crippen LogP contribution is -2.35. The second-order valence-corrected chi connectivity index (χ2v) is 9.75. The Morgan fingerprint density at radius 2 is 1.80 bits per heavy atom. The van der Waals surface area contributed by atoms with Crippen molar-refractivity contribution in [3.63, 3.8) is 0 Å². The number of carbonyl (C=O) groups excluding carboxylic acids is 2. The van der Waals surface area contributed by atoms with E-state index in [4.69, 9.17) is 0 Å². The Labute approximate surface area is 176 Å². The topological polar surface area (TPSA) is 95.6 Å². The van der Waals surface area contributed by atoms with Crippen molar-refractivity contribution in [2.24, 2.45) is 0 Å². The molecule has 158 valence electrons. The summed E-state index contributed by atoms with van der Waals surface area (Å²) in [5, 5.41) is 5.67. The van der Waals surface area contributed by atoms with Gasteiger partial charge < -0.3 is 10.6 Å². The van der Waals surface area contributed by atoms with Gasteiger partial charge in [-0.1, -0.05) is 12.5 Å². The minimum atomic E-state index is -3.61. The fourth-order valence-corrected chi connectivity index (χ4v) is 5.46. The number of nitrogens with one attached hydrogen (secondary N) is 2. The van der Waals surface area contributed by atoms with Gasteiger partial charge in [-0.05, 0) is 67.6 Å². The predicted octanol–water partition coefficient (Wildman–Crippen LogP) is 3.31. The highest BCUT2D eigenvalue weighted by atomic mass is 32.2. The highest BCUT2D eigenvalue weighted by molar-refractivity contribution is 7.89. The van der Waals surface area contributed by atoms with Crippen molar-refractivity contribution in [3.8, 4) is 0 Å². The molecular weight excluding hydrogens is 402 g/mol. The molecule has 1 saturated heterocycles. The molecule has 7 nitrogen and oxygen atoms in total. The first-order valence-corrected chi connectivity index (χ1v) is 11.6. The third-order valence-corrected chi connectivity index (χ3v) is 7.56. The Morgan fingerprint density at radius 3 is 2.57 bits per heavy atom. The Bertz CT molecular complexity index is 1110. The van der Waals surface area contributed by atoms with E-state index < -0.39 is 10.0 Å². The fourth-order valence-electron chi connectivity index (χ4n) is 3.92. The first kappa shape index (κ1) is 20.6. The lowest BCUT2D eigenvalue weighted by molar-refractivity contribution is -0.116. The average molecular weight is 428 g/mol. The SMILES string of the molecule is Cc1ccc(S(=O)(=O)N2CCCCC2)cc1C(=O)Nc1ccc2c(c1)CCC(=O)N2. The van der Waals surface area contributed by atoms with Crippen molar-refractivity contribution in [1.82, 2.24) is 4.31 Å². The summed E-state index contributed by atoms with van der Waals surface area (Å²) >= 11 is 0. The Balaban J connectivity index is 1.57. The van der Waals surface area contributed by atoms with Crippen LogP contribution >= 0.6 is 0 Å². The molecule has 0 aliphatic carbocycles. The highest BCUT2D eigenvalue weighted by Crippen LogP contribution is 2.27. The van der Waals surface area contributed by atoms with Crippen LogP contribution in [-0.2, 0) is 21.2 Å². The van der Waals surface area contributed by atoms with Crippen LogP contribution in [0.4, 0.5) is 11.4 Å². The number of benzene rings is 2. The van der Waals surface area contributed by atoms with Gasteiger partial charge in [-0.15, -0.1) is 0 Å². The summed E-state index contributed by atoms with van der Waals surface area (Å²) in [6, 6.07) is 10.0. The van der Waals surface area contributed by atoms with Crippen LogP contribution in [0.15, 0.2) is 41.3 Å². The number of piperidine rings is 1. The van der Waals surface area contributed by atoms with Gasteiger partial charge in [-0.25, -0.2) is 8.42 Å². The van der Waals surface area contributed by atoms with Crippen molar-refractivity contribution in [3.05, 3.63) is 53.1 Å². The number of hydrogen-bond donors (Lipinski definition) is 2. The maximum absolute atomic E-state index is 13.0. The largest absolute Gasteiger partial charge is 0.326 e. The van der Waals surface area contributed by atoms with Crippen molar-refractivity contribution in [1.29, 1.82) is 0 Å². The molecule has 0 spiro atoms. The molecule has 30 heavy (non-hydrogen) atoms. The van der Waals surface area contributed by atoms with E-state index in [1.165, 1.54) is 10.4 Å². The molecule has 0 saturated carbocycles. The van der Waals surface area contributed by atoms with Gasteiger partial charge in [0.2, 0.25) is 15.9 Å². The molecule has 2 amide bonds. The van der Waals surface area contributed by atoms with Crippen molar-refractivity contribution < 1.29 is 18.0 Å². The van der Waals surface area contributed by atoms with Crippen LogP contribution in [0.5, 0.6) is 0 Å². The summed E-state index contributed by atoms with van der Waals surface area (Å²) in [6.07, 6.45) is 3.79. The molecule has 0 radical (unpaired) electrons. The van der Waals surface area contributed by atoms with Gasteiger partial charge in [0.15, 0.2) is 0 Å². The lowest BCUT2D eigenvalue weighted by atomic mass is 10.0. The average Bonchev–Trinajstić information content (AvgIpc) is 2.74. The number of rotatable bonds is 4. The van der Waals surface area contributed by atoms with E-state index in [-0.39, 0.29) is 16.7 Å². The number of anilines is 2. The van der Waals surface area contributed by atoms with Gasteiger partial charge in [-0.2, -0.15) is 4.31 Å². The van der Waals surface area contributed by atoms with E-state index in [1.54, 1.807) is 31.2 Å². The third-order valence-electron chi connectivity index (χ3n) is 5.67. The lowest BCUT2D eigenvalue weighted by Gasteiger charge is -2.26. The van der Waals surface area contributed by atoms with Gasteiger partial charge in [-0.3, -0.25) is 9.59 Å². The quantitative estimate of drug-likeness (QED) is 0.783. The van der Waals surface area contributed by atoms with Gasteiger partial charge in [0.1, 0.15) is 0 Å². The van der Waals surface area contributed by atoms with E-state index in [0.29, 0.717) is 42.7 Å². The van der Waals surface area contributed by atoms with Crippen LogP contribution in [0.2, 0.25) is 0 Å². The van der Waals surface area contributed by atoms with Crippen molar-refractivity contribution in [2.45, 2.75) is 43.9 Å². The maximum Gasteiger partial charge on any atom is 0.255 e. The Hall–Kier alpha value is -2.71. The molecule has 0 unspecified atom stereocenters. The first-order chi connectivity index (χ1) is 14.3. The zero-order valence-corrected chi connectivity index (χ0v) is 17.7.